The molecule has 0 aliphatic heterocycles. The van der Waals surface area contributed by atoms with Crippen molar-refractivity contribution in [3.05, 3.63) is 71.1 Å². The lowest BCUT2D eigenvalue weighted by Crippen LogP contribution is -2.32. The molecule has 7 heteroatoms. The highest BCUT2D eigenvalue weighted by Crippen LogP contribution is 2.30. The van der Waals surface area contributed by atoms with Crippen molar-refractivity contribution in [3.63, 3.8) is 0 Å². The Bertz CT molecular complexity index is 1010. The summed E-state index contributed by atoms with van der Waals surface area (Å²) in [5, 5.41) is 14.2. The van der Waals surface area contributed by atoms with Crippen LogP contribution in [0.25, 0.3) is 10.4 Å². The molecule has 0 bridgehead atoms. The minimum atomic E-state index is -0.952. The van der Waals surface area contributed by atoms with Crippen LogP contribution in [0.5, 0.6) is 0 Å². The number of nitrogens with two attached hydrogens (primary N) is 1. The van der Waals surface area contributed by atoms with Gasteiger partial charge >= 0.3 is 6.09 Å². The van der Waals surface area contributed by atoms with Crippen molar-refractivity contribution in [2.75, 3.05) is 17.6 Å². The van der Waals surface area contributed by atoms with Gasteiger partial charge in [-0.1, -0.05) is 38.1 Å². The van der Waals surface area contributed by atoms with E-state index >= 15 is 0 Å². The van der Waals surface area contributed by atoms with Gasteiger partial charge in [-0.3, -0.25) is 4.79 Å². The van der Waals surface area contributed by atoms with Crippen molar-refractivity contribution in [1.29, 1.82) is 0 Å². The quantitative estimate of drug-likeness (QED) is 0.444. The third kappa shape index (κ3) is 5.39. The van der Waals surface area contributed by atoms with Crippen molar-refractivity contribution < 1.29 is 14.7 Å². The number of anilines is 2. The largest absolute Gasteiger partial charge is 0.465 e. The van der Waals surface area contributed by atoms with Crippen LogP contribution in [0.15, 0.2) is 60.0 Å². The fraction of sp³-hybridized carbons (Fsp3) is 0.217. The number of hydrogen-bond acceptors (Lipinski definition) is 4. The van der Waals surface area contributed by atoms with Crippen LogP contribution in [0.4, 0.5) is 16.2 Å². The number of carbonyl (C=O) groups excluding carboxylic acids is 1. The molecule has 156 valence electrons. The SMILES string of the molecule is CC(C)CN(Cc1ccc(C(=O)Nc2cc(-c3cccs3)ccc2N)cc1)C(=O)O. The van der Waals surface area contributed by atoms with E-state index in [1.54, 1.807) is 41.7 Å². The molecule has 0 spiro atoms. The van der Waals surface area contributed by atoms with E-state index in [2.05, 4.69) is 5.32 Å². The molecule has 0 saturated carbocycles. The summed E-state index contributed by atoms with van der Waals surface area (Å²) < 4.78 is 0. The number of benzene rings is 2. The van der Waals surface area contributed by atoms with Gasteiger partial charge in [0.05, 0.1) is 11.4 Å². The summed E-state index contributed by atoms with van der Waals surface area (Å²) in [6, 6.07) is 16.5. The van der Waals surface area contributed by atoms with E-state index < -0.39 is 6.09 Å². The van der Waals surface area contributed by atoms with Crippen LogP contribution in [0.1, 0.15) is 29.8 Å². The third-order valence-electron chi connectivity index (χ3n) is 4.55. The Morgan fingerprint density at radius 2 is 1.87 bits per heavy atom. The van der Waals surface area contributed by atoms with Crippen molar-refractivity contribution in [1.82, 2.24) is 4.90 Å². The number of nitrogen functional groups attached to an aromatic ring is 1. The molecule has 3 aromatic rings. The molecule has 30 heavy (non-hydrogen) atoms. The molecule has 4 N–H and O–H groups in total. The summed E-state index contributed by atoms with van der Waals surface area (Å²) in [6.07, 6.45) is -0.952. The van der Waals surface area contributed by atoms with Crippen molar-refractivity contribution in [2.45, 2.75) is 20.4 Å². The predicted octanol–water partition coefficient (Wildman–Crippen LogP) is 5.39. The first-order chi connectivity index (χ1) is 14.3. The summed E-state index contributed by atoms with van der Waals surface area (Å²) in [6.45, 7) is 4.69. The minimum Gasteiger partial charge on any atom is -0.465 e. The zero-order chi connectivity index (χ0) is 21.7. The molecule has 1 heterocycles. The Labute approximate surface area is 180 Å². The van der Waals surface area contributed by atoms with Crippen molar-refractivity contribution >= 4 is 34.7 Å². The molecule has 3 rings (SSSR count). The van der Waals surface area contributed by atoms with Gasteiger partial charge in [-0.2, -0.15) is 0 Å². The highest BCUT2D eigenvalue weighted by Gasteiger charge is 2.15. The van der Waals surface area contributed by atoms with Gasteiger partial charge in [-0.05, 0) is 52.8 Å². The van der Waals surface area contributed by atoms with E-state index in [9.17, 15) is 14.7 Å². The van der Waals surface area contributed by atoms with Gasteiger partial charge in [-0.25, -0.2) is 4.79 Å². The van der Waals surface area contributed by atoms with Gasteiger partial charge < -0.3 is 21.1 Å². The number of nitrogens with one attached hydrogen (secondary N) is 1. The summed E-state index contributed by atoms with van der Waals surface area (Å²) in [5.74, 6) is -0.0320. The lowest BCUT2D eigenvalue weighted by molar-refractivity contribution is 0.102. The standard InChI is InChI=1S/C23H25N3O3S/c1-15(2)13-26(23(28)29)14-16-5-7-17(8-6-16)22(27)25-20-12-18(9-10-19(20)24)21-4-3-11-30-21/h3-12,15H,13-14,24H2,1-2H3,(H,25,27)(H,28,29). The Balaban J connectivity index is 1.71. The van der Waals surface area contributed by atoms with Crippen LogP contribution < -0.4 is 11.1 Å². The number of hydrogen-bond donors (Lipinski definition) is 3. The molecule has 0 atom stereocenters. The minimum absolute atomic E-state index is 0.238. The molecule has 1 aromatic heterocycles. The van der Waals surface area contributed by atoms with Crippen LogP contribution in [0.2, 0.25) is 0 Å². The normalized spacial score (nSPS) is 10.8. The summed E-state index contributed by atoms with van der Waals surface area (Å²) in [7, 11) is 0. The average Bonchev–Trinajstić information content (AvgIpc) is 3.24. The summed E-state index contributed by atoms with van der Waals surface area (Å²) >= 11 is 1.62. The van der Waals surface area contributed by atoms with Gasteiger partial charge in [0.25, 0.3) is 5.91 Å². The maximum atomic E-state index is 12.7. The molecule has 0 unspecified atom stereocenters. The maximum Gasteiger partial charge on any atom is 0.407 e. The van der Waals surface area contributed by atoms with Gasteiger partial charge in [0.1, 0.15) is 0 Å². The zero-order valence-corrected chi connectivity index (χ0v) is 17.8. The molecule has 2 amide bonds. The van der Waals surface area contributed by atoms with Crippen molar-refractivity contribution in [3.8, 4) is 10.4 Å². The van der Waals surface area contributed by atoms with Crippen LogP contribution in [0, 0.1) is 5.92 Å². The molecular weight excluding hydrogens is 398 g/mol. The fourth-order valence-corrected chi connectivity index (χ4v) is 3.81. The smallest absolute Gasteiger partial charge is 0.407 e. The second-order valence-corrected chi connectivity index (χ2v) is 8.44. The number of carboxylic acid groups (broad SMARTS) is 1. The molecule has 0 aliphatic rings. The number of amides is 2. The Hall–Kier alpha value is -3.32. The van der Waals surface area contributed by atoms with E-state index in [4.69, 9.17) is 5.73 Å². The molecule has 0 aliphatic carbocycles. The highest BCUT2D eigenvalue weighted by atomic mass is 32.1. The maximum absolute atomic E-state index is 12.7. The van der Waals surface area contributed by atoms with Crippen LogP contribution >= 0.6 is 11.3 Å². The van der Waals surface area contributed by atoms with Gasteiger partial charge in [-0.15, -0.1) is 11.3 Å². The number of nitrogens with zero attached hydrogens (tertiary/aromatic N) is 1. The second kappa shape index (κ2) is 9.45. The topological polar surface area (TPSA) is 95.7 Å². The first-order valence-corrected chi connectivity index (χ1v) is 10.5. The lowest BCUT2D eigenvalue weighted by atomic mass is 10.1. The van der Waals surface area contributed by atoms with Crippen LogP contribution in [0.3, 0.4) is 0 Å². The van der Waals surface area contributed by atoms with Crippen molar-refractivity contribution in [2.24, 2.45) is 5.92 Å². The zero-order valence-electron chi connectivity index (χ0n) is 17.0. The van der Waals surface area contributed by atoms with Crippen LogP contribution in [-0.4, -0.2) is 28.6 Å². The third-order valence-corrected chi connectivity index (χ3v) is 5.47. The van der Waals surface area contributed by atoms with Gasteiger partial charge in [0.2, 0.25) is 0 Å². The first kappa shape index (κ1) is 21.4. The number of rotatable bonds is 7. The Morgan fingerprint density at radius 1 is 1.13 bits per heavy atom. The van der Waals surface area contributed by atoms with Gasteiger partial charge in [0.15, 0.2) is 0 Å². The van der Waals surface area contributed by atoms with Crippen LogP contribution in [-0.2, 0) is 6.54 Å². The monoisotopic (exact) mass is 423 g/mol. The molecule has 0 fully saturated rings. The molecule has 2 aromatic carbocycles. The molecule has 6 nitrogen and oxygen atoms in total. The second-order valence-electron chi connectivity index (χ2n) is 7.49. The van der Waals surface area contributed by atoms with Gasteiger partial charge in [0, 0.05) is 23.5 Å². The Morgan fingerprint density at radius 3 is 2.47 bits per heavy atom. The fourth-order valence-electron chi connectivity index (χ4n) is 3.09. The summed E-state index contributed by atoms with van der Waals surface area (Å²) in [5.41, 5.74) is 9.39. The Kier molecular flexibility index (Phi) is 6.74. The van der Waals surface area contributed by atoms with E-state index in [0.29, 0.717) is 23.5 Å². The molecular formula is C23H25N3O3S. The first-order valence-electron chi connectivity index (χ1n) is 9.65. The highest BCUT2D eigenvalue weighted by molar-refractivity contribution is 7.13. The van der Waals surface area contributed by atoms with E-state index in [1.807, 2.05) is 43.5 Å². The van der Waals surface area contributed by atoms with E-state index in [1.165, 1.54) is 4.90 Å². The van der Waals surface area contributed by atoms with E-state index in [-0.39, 0.29) is 18.4 Å². The molecule has 0 radical (unpaired) electrons. The number of carbonyl (C=O) groups is 2. The molecule has 0 saturated heterocycles. The lowest BCUT2D eigenvalue weighted by Gasteiger charge is -2.21. The predicted molar refractivity (Wildman–Crippen MR) is 122 cm³/mol. The average molecular weight is 424 g/mol. The van der Waals surface area contributed by atoms with E-state index in [0.717, 1.165) is 16.0 Å². The number of thiophene rings is 1. The summed E-state index contributed by atoms with van der Waals surface area (Å²) in [4.78, 5) is 26.6.